The van der Waals surface area contributed by atoms with Crippen LogP contribution in [0.25, 0.3) is 33.8 Å². The van der Waals surface area contributed by atoms with Gasteiger partial charge in [0.05, 0.1) is 11.3 Å². The normalized spacial score (nSPS) is 11.6. The number of nitriles is 1. The Hall–Kier alpha value is -3.16. The van der Waals surface area contributed by atoms with Crippen molar-refractivity contribution >= 4 is 33.9 Å². The lowest BCUT2D eigenvalue weighted by Crippen LogP contribution is -1.83. The first kappa shape index (κ1) is 15.4. The van der Waals surface area contributed by atoms with Gasteiger partial charge in [-0.2, -0.15) is 5.26 Å². The summed E-state index contributed by atoms with van der Waals surface area (Å²) in [5.74, 6) is 0. The number of allylic oxidation sites excluding steroid dienone is 1. The number of aromatic nitrogens is 2. The number of benzene rings is 2. The fourth-order valence-electron chi connectivity index (χ4n) is 2.92. The van der Waals surface area contributed by atoms with Gasteiger partial charge in [-0.3, -0.25) is 0 Å². The van der Waals surface area contributed by atoms with Crippen LogP contribution in [0, 0.1) is 11.3 Å². The lowest BCUT2D eigenvalue weighted by Gasteiger charge is -1.96. The number of nitrogens with zero attached hydrogens (tertiary/aromatic N) is 3. The number of thiazole rings is 1. The van der Waals surface area contributed by atoms with Crippen molar-refractivity contribution in [3.05, 3.63) is 76.7 Å². The number of para-hydroxylation sites is 1. The number of rotatable bonds is 3. The van der Waals surface area contributed by atoms with Crippen LogP contribution >= 0.6 is 11.3 Å². The molecule has 0 unspecified atom stereocenters. The second-order valence-electron chi connectivity index (χ2n) is 5.79. The summed E-state index contributed by atoms with van der Waals surface area (Å²) in [5.41, 5.74) is 4.73. The van der Waals surface area contributed by atoms with E-state index in [-0.39, 0.29) is 0 Å². The van der Waals surface area contributed by atoms with Gasteiger partial charge in [0.2, 0.25) is 0 Å². The smallest absolute Gasteiger partial charge is 0.134 e. The van der Waals surface area contributed by atoms with E-state index in [0.29, 0.717) is 5.57 Å². The van der Waals surface area contributed by atoms with E-state index in [2.05, 4.69) is 27.8 Å². The maximum Gasteiger partial charge on any atom is 0.134 e. The van der Waals surface area contributed by atoms with Crippen LogP contribution in [0.2, 0.25) is 0 Å². The monoisotopic (exact) mass is 341 g/mol. The predicted molar refractivity (Wildman–Crippen MR) is 104 cm³/mol. The second-order valence-corrected chi connectivity index (χ2v) is 6.64. The summed E-state index contributed by atoms with van der Waals surface area (Å²) in [4.78, 5) is 4.66. The number of aryl methyl sites for hydroxylation is 1. The van der Waals surface area contributed by atoms with Crippen molar-refractivity contribution in [1.82, 2.24) is 9.55 Å². The summed E-state index contributed by atoms with van der Waals surface area (Å²) in [6.45, 7) is 0. The molecule has 25 heavy (non-hydrogen) atoms. The Balaban J connectivity index is 1.77. The van der Waals surface area contributed by atoms with Crippen LogP contribution in [0.4, 0.5) is 0 Å². The Morgan fingerprint density at radius 1 is 1.12 bits per heavy atom. The fraction of sp³-hybridized carbons (Fsp3) is 0.0476. The Morgan fingerprint density at radius 3 is 2.68 bits per heavy atom. The molecule has 4 aromatic rings. The average Bonchev–Trinajstić information content (AvgIpc) is 3.26. The molecule has 0 radical (unpaired) electrons. The van der Waals surface area contributed by atoms with E-state index in [1.165, 1.54) is 11.3 Å². The van der Waals surface area contributed by atoms with Gasteiger partial charge in [0, 0.05) is 40.7 Å². The minimum absolute atomic E-state index is 0.587. The maximum absolute atomic E-state index is 9.64. The molecule has 0 aliphatic heterocycles. The molecule has 0 amide bonds. The molecule has 0 atom stereocenters. The third kappa shape index (κ3) is 2.86. The molecule has 0 aliphatic rings. The molecule has 4 rings (SSSR count). The van der Waals surface area contributed by atoms with E-state index in [1.807, 2.05) is 67.2 Å². The highest BCUT2D eigenvalue weighted by atomic mass is 32.1. The van der Waals surface area contributed by atoms with Gasteiger partial charge in [-0.15, -0.1) is 11.3 Å². The third-order valence-electron chi connectivity index (χ3n) is 4.15. The van der Waals surface area contributed by atoms with E-state index >= 15 is 0 Å². The molecule has 0 spiro atoms. The molecule has 0 bridgehead atoms. The zero-order valence-electron chi connectivity index (χ0n) is 13.7. The van der Waals surface area contributed by atoms with E-state index in [4.69, 9.17) is 0 Å². The molecular weight excluding hydrogens is 326 g/mol. The molecule has 2 aromatic heterocycles. The topological polar surface area (TPSA) is 41.6 Å². The molecule has 120 valence electrons. The molecule has 0 fully saturated rings. The van der Waals surface area contributed by atoms with Gasteiger partial charge in [0.1, 0.15) is 11.1 Å². The molecule has 2 aromatic carbocycles. The highest BCUT2D eigenvalue weighted by molar-refractivity contribution is 7.11. The van der Waals surface area contributed by atoms with Gasteiger partial charge in [0.15, 0.2) is 0 Å². The lowest BCUT2D eigenvalue weighted by atomic mass is 10.1. The molecule has 3 nitrogen and oxygen atoms in total. The quantitative estimate of drug-likeness (QED) is 0.470. The minimum atomic E-state index is 0.587. The van der Waals surface area contributed by atoms with Crippen LogP contribution in [0.1, 0.15) is 10.6 Å². The summed E-state index contributed by atoms with van der Waals surface area (Å²) < 4.78 is 2.08. The van der Waals surface area contributed by atoms with Gasteiger partial charge < -0.3 is 4.57 Å². The number of hydrogen-bond acceptors (Lipinski definition) is 3. The van der Waals surface area contributed by atoms with Crippen LogP contribution in [0.5, 0.6) is 0 Å². The van der Waals surface area contributed by atoms with Crippen LogP contribution in [0.3, 0.4) is 0 Å². The first-order valence-corrected chi connectivity index (χ1v) is 8.81. The number of hydrogen-bond donors (Lipinski definition) is 0. The van der Waals surface area contributed by atoms with Gasteiger partial charge in [0.25, 0.3) is 0 Å². The van der Waals surface area contributed by atoms with E-state index in [9.17, 15) is 5.26 Å². The first-order valence-electron chi connectivity index (χ1n) is 7.93. The molecular formula is C21H15N3S. The summed E-state index contributed by atoms with van der Waals surface area (Å²) >= 11 is 1.50. The van der Waals surface area contributed by atoms with E-state index < -0.39 is 0 Å². The molecule has 0 aliphatic carbocycles. The van der Waals surface area contributed by atoms with Crippen molar-refractivity contribution < 1.29 is 0 Å². The van der Waals surface area contributed by atoms with Crippen LogP contribution in [0.15, 0.2) is 66.2 Å². The summed E-state index contributed by atoms with van der Waals surface area (Å²) in [7, 11) is 2.02. The van der Waals surface area contributed by atoms with Gasteiger partial charge in [-0.25, -0.2) is 4.98 Å². The molecule has 0 saturated heterocycles. The van der Waals surface area contributed by atoms with E-state index in [0.717, 1.165) is 32.7 Å². The highest BCUT2D eigenvalue weighted by Gasteiger charge is 2.11. The number of fused-ring (bicyclic) bond motifs is 1. The SMILES string of the molecule is Cn1cc(C=C(C#N)c2nc(-c3ccccc3)cs2)c2ccccc21. The summed E-state index contributed by atoms with van der Waals surface area (Å²) in [5, 5.41) is 13.5. The standard InChI is InChI=1S/C21H15N3S/c1-24-13-17(18-9-5-6-10-20(18)24)11-16(12-22)21-23-19(14-25-21)15-7-3-2-4-8-15/h2-11,13-14H,1H3. The van der Waals surface area contributed by atoms with Gasteiger partial charge >= 0.3 is 0 Å². The van der Waals surface area contributed by atoms with Crippen LogP contribution in [-0.4, -0.2) is 9.55 Å². The Kier molecular flexibility index (Phi) is 3.93. The Morgan fingerprint density at radius 2 is 1.88 bits per heavy atom. The predicted octanol–water partition coefficient (Wildman–Crippen LogP) is 5.37. The van der Waals surface area contributed by atoms with Crippen LogP contribution in [-0.2, 0) is 7.05 Å². The zero-order valence-corrected chi connectivity index (χ0v) is 14.5. The Bertz CT molecular complexity index is 1110. The maximum atomic E-state index is 9.64. The van der Waals surface area contributed by atoms with Crippen molar-refractivity contribution in [2.75, 3.05) is 0 Å². The Labute approximate surface area is 150 Å². The largest absolute Gasteiger partial charge is 0.350 e. The first-order chi connectivity index (χ1) is 12.3. The van der Waals surface area contributed by atoms with Crippen molar-refractivity contribution in [2.45, 2.75) is 0 Å². The van der Waals surface area contributed by atoms with Gasteiger partial charge in [-0.05, 0) is 12.1 Å². The van der Waals surface area contributed by atoms with Crippen molar-refractivity contribution in [3.8, 4) is 17.3 Å². The highest BCUT2D eigenvalue weighted by Crippen LogP contribution is 2.29. The lowest BCUT2D eigenvalue weighted by molar-refractivity contribution is 0.968. The minimum Gasteiger partial charge on any atom is -0.350 e. The molecule has 2 heterocycles. The van der Waals surface area contributed by atoms with Crippen molar-refractivity contribution in [2.24, 2.45) is 7.05 Å². The molecule has 0 saturated carbocycles. The van der Waals surface area contributed by atoms with Crippen LogP contribution < -0.4 is 0 Å². The second kappa shape index (κ2) is 6.39. The third-order valence-corrected chi connectivity index (χ3v) is 5.03. The average molecular weight is 341 g/mol. The summed E-state index contributed by atoms with van der Waals surface area (Å²) in [6.07, 6.45) is 3.98. The summed E-state index contributed by atoms with van der Waals surface area (Å²) in [6, 6.07) is 20.5. The fourth-order valence-corrected chi connectivity index (χ4v) is 3.72. The zero-order chi connectivity index (χ0) is 17.2. The van der Waals surface area contributed by atoms with E-state index in [1.54, 1.807) is 0 Å². The van der Waals surface area contributed by atoms with Crippen molar-refractivity contribution in [3.63, 3.8) is 0 Å². The van der Waals surface area contributed by atoms with Crippen molar-refractivity contribution in [1.29, 1.82) is 5.26 Å². The molecule has 4 heteroatoms. The molecule has 0 N–H and O–H groups in total. The van der Waals surface area contributed by atoms with Gasteiger partial charge in [-0.1, -0.05) is 48.5 Å².